The highest BCUT2D eigenvalue weighted by Gasteiger charge is 2.32. The maximum atomic E-state index is 12.3. The Labute approximate surface area is 130 Å². The van der Waals surface area contributed by atoms with Crippen LogP contribution in [0.15, 0.2) is 18.2 Å². The number of anilines is 1. The Morgan fingerprint density at radius 2 is 2.09 bits per heavy atom. The van der Waals surface area contributed by atoms with Crippen LogP contribution in [0.3, 0.4) is 0 Å². The second kappa shape index (κ2) is 7.57. The number of esters is 1. The van der Waals surface area contributed by atoms with E-state index in [9.17, 15) is 9.59 Å². The molecule has 1 rings (SSSR count). The van der Waals surface area contributed by atoms with Gasteiger partial charge in [-0.2, -0.15) is 5.26 Å². The van der Waals surface area contributed by atoms with Crippen molar-refractivity contribution in [1.29, 1.82) is 5.26 Å². The number of hydrogen-bond acceptors (Lipinski definition) is 5. The van der Waals surface area contributed by atoms with E-state index < -0.39 is 11.6 Å². The van der Waals surface area contributed by atoms with Gasteiger partial charge in [-0.25, -0.2) is 0 Å². The van der Waals surface area contributed by atoms with E-state index in [1.54, 1.807) is 13.0 Å². The first-order valence-electron chi connectivity index (χ1n) is 6.95. The van der Waals surface area contributed by atoms with Gasteiger partial charge in [0.25, 0.3) is 5.91 Å². The fraction of sp³-hybridized carbons (Fsp3) is 0.438. The van der Waals surface area contributed by atoms with Crippen molar-refractivity contribution in [3.8, 4) is 11.8 Å². The lowest BCUT2D eigenvalue weighted by Gasteiger charge is -2.26. The van der Waals surface area contributed by atoms with Crippen molar-refractivity contribution in [2.24, 2.45) is 0 Å². The number of amides is 1. The number of methoxy groups -OCH3 is 1. The lowest BCUT2D eigenvalue weighted by Crippen LogP contribution is -2.41. The molecule has 1 N–H and O–H groups in total. The van der Waals surface area contributed by atoms with Gasteiger partial charge in [-0.15, -0.1) is 0 Å². The minimum Gasteiger partial charge on any atom is -0.425 e. The Balaban J connectivity index is 2.97. The number of nitriles is 1. The van der Waals surface area contributed by atoms with Crippen LogP contribution in [0.5, 0.6) is 5.75 Å². The Bertz CT molecular complexity index is 607. The van der Waals surface area contributed by atoms with Crippen molar-refractivity contribution in [3.63, 3.8) is 0 Å². The standard InChI is InChI=1S/C16H20N2O4/c1-5-8-16(3,21-4)15(20)18-13-6-7-14(22-11(2)19)12(9-13)10-17/h6-7,9H,5,8H2,1-4H3,(H,18,20). The molecule has 0 bridgehead atoms. The highest BCUT2D eigenvalue weighted by atomic mass is 16.5. The Morgan fingerprint density at radius 1 is 1.41 bits per heavy atom. The van der Waals surface area contributed by atoms with Gasteiger partial charge in [-0.05, 0) is 31.5 Å². The molecule has 22 heavy (non-hydrogen) atoms. The topological polar surface area (TPSA) is 88.4 Å². The van der Waals surface area contributed by atoms with Gasteiger partial charge >= 0.3 is 5.97 Å². The van der Waals surface area contributed by atoms with Crippen molar-refractivity contribution < 1.29 is 19.1 Å². The largest absolute Gasteiger partial charge is 0.425 e. The number of nitrogens with zero attached hydrogens (tertiary/aromatic N) is 1. The van der Waals surface area contributed by atoms with Crippen LogP contribution in [-0.2, 0) is 14.3 Å². The highest BCUT2D eigenvalue weighted by molar-refractivity contribution is 5.97. The van der Waals surface area contributed by atoms with E-state index in [4.69, 9.17) is 14.7 Å². The third-order valence-corrected chi connectivity index (χ3v) is 3.27. The molecule has 6 heteroatoms. The normalized spacial score (nSPS) is 12.9. The molecule has 0 aromatic heterocycles. The molecule has 0 aliphatic carbocycles. The molecule has 0 saturated carbocycles. The minimum absolute atomic E-state index is 0.163. The van der Waals surface area contributed by atoms with Crippen LogP contribution in [0.25, 0.3) is 0 Å². The third-order valence-electron chi connectivity index (χ3n) is 3.27. The molecule has 1 aromatic carbocycles. The van der Waals surface area contributed by atoms with E-state index in [0.717, 1.165) is 6.42 Å². The summed E-state index contributed by atoms with van der Waals surface area (Å²) in [5.74, 6) is -0.639. The quantitative estimate of drug-likeness (QED) is 0.644. The number of ether oxygens (including phenoxy) is 2. The van der Waals surface area contributed by atoms with Crippen LogP contribution in [0.1, 0.15) is 39.2 Å². The first kappa shape index (κ1) is 17.7. The van der Waals surface area contributed by atoms with E-state index in [0.29, 0.717) is 12.1 Å². The first-order valence-corrected chi connectivity index (χ1v) is 6.95. The average Bonchev–Trinajstić information content (AvgIpc) is 2.48. The van der Waals surface area contributed by atoms with E-state index in [1.807, 2.05) is 13.0 Å². The number of rotatable bonds is 6. The minimum atomic E-state index is -0.934. The zero-order valence-corrected chi connectivity index (χ0v) is 13.2. The molecule has 0 fully saturated rings. The molecule has 0 radical (unpaired) electrons. The van der Waals surface area contributed by atoms with Gasteiger partial charge in [0, 0.05) is 19.7 Å². The monoisotopic (exact) mass is 304 g/mol. The van der Waals surface area contributed by atoms with Crippen molar-refractivity contribution in [1.82, 2.24) is 0 Å². The van der Waals surface area contributed by atoms with Gasteiger partial charge in [0.2, 0.25) is 0 Å². The van der Waals surface area contributed by atoms with Crippen LogP contribution in [0.4, 0.5) is 5.69 Å². The number of nitrogens with one attached hydrogen (secondary N) is 1. The molecule has 118 valence electrons. The molecule has 1 atom stereocenters. The van der Waals surface area contributed by atoms with Crippen molar-refractivity contribution in [2.75, 3.05) is 12.4 Å². The summed E-state index contributed by atoms with van der Waals surface area (Å²) < 4.78 is 10.2. The lowest BCUT2D eigenvalue weighted by atomic mass is 9.99. The van der Waals surface area contributed by atoms with Crippen LogP contribution < -0.4 is 10.1 Å². The molecule has 1 aromatic rings. The zero-order valence-electron chi connectivity index (χ0n) is 13.2. The van der Waals surface area contributed by atoms with Gasteiger partial charge in [0.15, 0.2) is 0 Å². The molecule has 6 nitrogen and oxygen atoms in total. The number of carbonyl (C=O) groups excluding carboxylic acids is 2. The van der Waals surface area contributed by atoms with Gasteiger partial charge in [-0.1, -0.05) is 13.3 Å². The summed E-state index contributed by atoms with van der Waals surface area (Å²) in [5, 5.41) is 11.8. The molecule has 0 spiro atoms. The predicted octanol–water partition coefficient (Wildman–Crippen LogP) is 2.63. The fourth-order valence-electron chi connectivity index (χ4n) is 1.99. The Hall–Kier alpha value is -2.39. The number of hydrogen-bond donors (Lipinski definition) is 1. The van der Waals surface area contributed by atoms with Crippen LogP contribution in [0, 0.1) is 11.3 Å². The summed E-state index contributed by atoms with van der Waals surface area (Å²) in [7, 11) is 1.49. The highest BCUT2D eigenvalue weighted by Crippen LogP contribution is 2.24. The maximum absolute atomic E-state index is 12.3. The van der Waals surface area contributed by atoms with Crippen molar-refractivity contribution in [3.05, 3.63) is 23.8 Å². The number of benzene rings is 1. The van der Waals surface area contributed by atoms with E-state index >= 15 is 0 Å². The van der Waals surface area contributed by atoms with E-state index in [1.165, 1.54) is 26.2 Å². The summed E-state index contributed by atoms with van der Waals surface area (Å²) in [6, 6.07) is 6.43. The van der Waals surface area contributed by atoms with Crippen LogP contribution >= 0.6 is 0 Å². The molecular weight excluding hydrogens is 284 g/mol. The molecule has 0 aliphatic heterocycles. The first-order chi connectivity index (χ1) is 10.4. The smallest absolute Gasteiger partial charge is 0.308 e. The number of carbonyl (C=O) groups is 2. The summed E-state index contributed by atoms with van der Waals surface area (Å²) in [6.45, 7) is 4.93. The predicted molar refractivity (Wildman–Crippen MR) is 81.4 cm³/mol. The maximum Gasteiger partial charge on any atom is 0.308 e. The molecule has 1 unspecified atom stereocenters. The molecular formula is C16H20N2O4. The molecule has 1 amide bonds. The lowest BCUT2D eigenvalue weighted by molar-refractivity contribution is -0.136. The SMILES string of the molecule is CCCC(C)(OC)C(=O)Nc1ccc(OC(C)=O)c(C#N)c1. The van der Waals surface area contributed by atoms with E-state index in [-0.39, 0.29) is 17.2 Å². The third kappa shape index (κ3) is 4.30. The van der Waals surface area contributed by atoms with Crippen molar-refractivity contribution in [2.45, 2.75) is 39.2 Å². The Kier molecular flexibility index (Phi) is 6.08. The zero-order chi connectivity index (χ0) is 16.8. The van der Waals surface area contributed by atoms with Crippen molar-refractivity contribution >= 4 is 17.6 Å². The molecule has 0 saturated heterocycles. The summed E-state index contributed by atoms with van der Waals surface area (Å²) in [4.78, 5) is 23.3. The van der Waals surface area contributed by atoms with Gasteiger partial charge in [-0.3, -0.25) is 9.59 Å². The van der Waals surface area contributed by atoms with Gasteiger partial charge in [0.05, 0.1) is 5.56 Å². The average molecular weight is 304 g/mol. The second-order valence-electron chi connectivity index (χ2n) is 5.06. The van der Waals surface area contributed by atoms with Gasteiger partial charge < -0.3 is 14.8 Å². The Morgan fingerprint density at radius 3 is 2.59 bits per heavy atom. The van der Waals surface area contributed by atoms with E-state index in [2.05, 4.69) is 5.32 Å². The second-order valence-corrected chi connectivity index (χ2v) is 5.06. The fourth-order valence-corrected chi connectivity index (χ4v) is 1.99. The van der Waals surface area contributed by atoms with Crippen LogP contribution in [-0.4, -0.2) is 24.6 Å². The molecule has 0 aliphatic rings. The summed E-state index contributed by atoms with van der Waals surface area (Å²) >= 11 is 0. The van der Waals surface area contributed by atoms with Crippen LogP contribution in [0.2, 0.25) is 0 Å². The summed E-state index contributed by atoms with van der Waals surface area (Å²) in [6.07, 6.45) is 1.37. The van der Waals surface area contributed by atoms with Gasteiger partial charge in [0.1, 0.15) is 17.4 Å². The summed E-state index contributed by atoms with van der Waals surface area (Å²) in [5.41, 5.74) is -0.324. The molecule has 0 heterocycles.